The topological polar surface area (TPSA) is 114 Å². The highest BCUT2D eigenvalue weighted by atomic mass is 16.6. The van der Waals surface area contributed by atoms with Gasteiger partial charge in [-0.3, -0.25) is 29.6 Å². The zero-order valence-electron chi connectivity index (χ0n) is 15.5. The maximum absolute atomic E-state index is 13.0. The number of hydrogen-bond donors (Lipinski definition) is 1. The Bertz CT molecular complexity index is 1180. The predicted octanol–water partition coefficient (Wildman–Crippen LogP) is 3.62. The van der Waals surface area contributed by atoms with Gasteiger partial charge in [-0.1, -0.05) is 42.5 Å². The monoisotopic (exact) mass is 401 g/mol. The van der Waals surface area contributed by atoms with E-state index in [0.29, 0.717) is 5.56 Å². The van der Waals surface area contributed by atoms with Crippen LogP contribution in [0.2, 0.25) is 0 Å². The molecule has 4 rings (SSSR count). The van der Waals surface area contributed by atoms with Crippen LogP contribution in [-0.4, -0.2) is 26.7 Å². The van der Waals surface area contributed by atoms with Crippen LogP contribution in [0.3, 0.4) is 0 Å². The first-order valence-electron chi connectivity index (χ1n) is 9.00. The number of nitro groups is 1. The molecule has 30 heavy (non-hydrogen) atoms. The first-order chi connectivity index (χ1) is 14.5. The third kappa shape index (κ3) is 3.10. The molecule has 1 amide bonds. The molecule has 1 aliphatic rings. The summed E-state index contributed by atoms with van der Waals surface area (Å²) in [5, 5.41) is 22.6. The molecular formula is C22H15N3O5. The fourth-order valence-corrected chi connectivity index (χ4v) is 3.53. The van der Waals surface area contributed by atoms with Crippen molar-refractivity contribution in [2.24, 2.45) is 0 Å². The van der Waals surface area contributed by atoms with E-state index in [9.17, 15) is 24.8 Å². The largest absolute Gasteiger partial charge is 0.507 e. The van der Waals surface area contributed by atoms with Gasteiger partial charge in [0.05, 0.1) is 27.9 Å². The molecule has 148 valence electrons. The zero-order valence-corrected chi connectivity index (χ0v) is 15.5. The summed E-state index contributed by atoms with van der Waals surface area (Å²) >= 11 is 0. The Morgan fingerprint density at radius 3 is 2.37 bits per heavy atom. The first-order valence-corrected chi connectivity index (χ1v) is 9.00. The highest BCUT2D eigenvalue weighted by molar-refractivity contribution is 6.51. The number of amides is 1. The second-order valence-electron chi connectivity index (χ2n) is 6.56. The zero-order chi connectivity index (χ0) is 21.3. The van der Waals surface area contributed by atoms with Gasteiger partial charge >= 0.3 is 0 Å². The Morgan fingerprint density at radius 1 is 1.00 bits per heavy atom. The van der Waals surface area contributed by atoms with E-state index < -0.39 is 28.4 Å². The van der Waals surface area contributed by atoms with Crippen molar-refractivity contribution in [3.8, 4) is 0 Å². The third-order valence-electron chi connectivity index (χ3n) is 4.84. The lowest BCUT2D eigenvalue weighted by molar-refractivity contribution is -0.385. The number of nitro benzene ring substituents is 1. The number of para-hydroxylation sites is 1. The number of carbonyl (C=O) groups is 2. The SMILES string of the molecule is O=C1C(=O)N(c2cccnc2)[C@H](c2ccccc2[N+](=O)[O-])/C1=C(\O)c1ccccc1. The van der Waals surface area contributed by atoms with Crippen molar-refractivity contribution in [2.45, 2.75) is 6.04 Å². The summed E-state index contributed by atoms with van der Waals surface area (Å²) in [6.45, 7) is 0. The molecule has 2 aromatic carbocycles. The average molecular weight is 401 g/mol. The molecule has 1 aromatic heterocycles. The van der Waals surface area contributed by atoms with Crippen molar-refractivity contribution in [2.75, 3.05) is 4.90 Å². The van der Waals surface area contributed by atoms with Gasteiger partial charge in [0.2, 0.25) is 0 Å². The van der Waals surface area contributed by atoms with Gasteiger partial charge < -0.3 is 5.11 Å². The standard InChI is InChI=1S/C22H15N3O5/c26-20(14-7-2-1-3-8-14)18-19(16-10-4-5-11-17(16)25(29)30)24(22(28)21(18)27)15-9-6-12-23-13-15/h1-13,19,26H/b20-18+/t19-/m1/s1. The number of aliphatic hydroxyl groups is 1. The van der Waals surface area contributed by atoms with Crippen LogP contribution < -0.4 is 4.90 Å². The third-order valence-corrected chi connectivity index (χ3v) is 4.84. The van der Waals surface area contributed by atoms with Gasteiger partial charge in [-0.15, -0.1) is 0 Å². The van der Waals surface area contributed by atoms with Crippen molar-refractivity contribution in [3.63, 3.8) is 0 Å². The van der Waals surface area contributed by atoms with Crippen molar-refractivity contribution in [1.29, 1.82) is 0 Å². The van der Waals surface area contributed by atoms with Crippen LogP contribution in [0.4, 0.5) is 11.4 Å². The van der Waals surface area contributed by atoms with Crippen LogP contribution in [0, 0.1) is 10.1 Å². The molecule has 1 saturated heterocycles. The van der Waals surface area contributed by atoms with Crippen LogP contribution in [-0.2, 0) is 9.59 Å². The summed E-state index contributed by atoms with van der Waals surface area (Å²) in [7, 11) is 0. The summed E-state index contributed by atoms with van der Waals surface area (Å²) in [5.41, 5.74) is 0.241. The first kappa shape index (κ1) is 19.0. The van der Waals surface area contributed by atoms with Gasteiger partial charge in [0.15, 0.2) is 0 Å². The maximum atomic E-state index is 13.0. The fourth-order valence-electron chi connectivity index (χ4n) is 3.53. The highest BCUT2D eigenvalue weighted by Crippen LogP contribution is 2.44. The van der Waals surface area contributed by atoms with E-state index >= 15 is 0 Å². The molecule has 0 radical (unpaired) electrons. The minimum atomic E-state index is -1.18. The van der Waals surface area contributed by atoms with Crippen molar-refractivity contribution >= 4 is 28.8 Å². The molecule has 0 bridgehead atoms. The normalized spacial score (nSPS) is 17.9. The lowest BCUT2D eigenvalue weighted by Crippen LogP contribution is -2.29. The van der Waals surface area contributed by atoms with Crippen LogP contribution in [0.15, 0.2) is 84.7 Å². The van der Waals surface area contributed by atoms with Gasteiger partial charge in [-0.2, -0.15) is 0 Å². The van der Waals surface area contributed by atoms with Crippen LogP contribution in [0.25, 0.3) is 5.76 Å². The maximum Gasteiger partial charge on any atom is 0.300 e. The molecule has 1 N–H and O–H groups in total. The molecule has 0 unspecified atom stereocenters. The Balaban J connectivity index is 2.02. The number of rotatable bonds is 4. The minimum absolute atomic E-state index is 0.114. The van der Waals surface area contributed by atoms with E-state index in [2.05, 4.69) is 4.98 Å². The lowest BCUT2D eigenvalue weighted by atomic mass is 9.94. The van der Waals surface area contributed by atoms with E-state index in [1.54, 1.807) is 48.5 Å². The van der Waals surface area contributed by atoms with Crippen LogP contribution >= 0.6 is 0 Å². The Labute approximate surface area is 170 Å². The van der Waals surface area contributed by atoms with Gasteiger partial charge in [0.1, 0.15) is 11.8 Å². The molecular weight excluding hydrogens is 386 g/mol. The van der Waals surface area contributed by atoms with E-state index in [1.165, 1.54) is 30.6 Å². The Kier molecular flexibility index (Phi) is 4.81. The van der Waals surface area contributed by atoms with Gasteiger partial charge in [0.25, 0.3) is 17.4 Å². The summed E-state index contributed by atoms with van der Waals surface area (Å²) in [4.78, 5) is 42.1. The minimum Gasteiger partial charge on any atom is -0.507 e. The quantitative estimate of drug-likeness (QED) is 0.235. The predicted molar refractivity (Wildman–Crippen MR) is 109 cm³/mol. The molecule has 1 fully saturated rings. The van der Waals surface area contributed by atoms with E-state index in [-0.39, 0.29) is 22.5 Å². The van der Waals surface area contributed by atoms with Gasteiger partial charge in [-0.25, -0.2) is 0 Å². The molecule has 2 heterocycles. The van der Waals surface area contributed by atoms with Gasteiger partial charge in [-0.05, 0) is 18.2 Å². The van der Waals surface area contributed by atoms with Crippen molar-refractivity contribution in [3.05, 3.63) is 106 Å². The Morgan fingerprint density at radius 2 is 1.70 bits per heavy atom. The number of aliphatic hydroxyl groups excluding tert-OH is 1. The number of ketones is 1. The number of Topliss-reactive ketones (excluding diaryl/α,β-unsaturated/α-hetero) is 1. The Hall–Kier alpha value is -4.33. The number of anilines is 1. The van der Waals surface area contributed by atoms with Crippen LogP contribution in [0.5, 0.6) is 0 Å². The van der Waals surface area contributed by atoms with E-state index in [1.807, 2.05) is 0 Å². The second kappa shape index (κ2) is 7.59. The fraction of sp³-hybridized carbons (Fsp3) is 0.0455. The van der Waals surface area contributed by atoms with Crippen molar-refractivity contribution < 1.29 is 19.6 Å². The second-order valence-corrected chi connectivity index (χ2v) is 6.56. The smallest absolute Gasteiger partial charge is 0.300 e. The molecule has 3 aromatic rings. The summed E-state index contributed by atoms with van der Waals surface area (Å²) in [6.07, 6.45) is 2.89. The summed E-state index contributed by atoms with van der Waals surface area (Å²) < 4.78 is 0. The van der Waals surface area contributed by atoms with E-state index in [0.717, 1.165) is 4.90 Å². The molecule has 1 aliphatic heterocycles. The van der Waals surface area contributed by atoms with E-state index in [4.69, 9.17) is 0 Å². The molecule has 1 atom stereocenters. The summed E-state index contributed by atoms with van der Waals surface area (Å²) in [6, 6.07) is 16.1. The van der Waals surface area contributed by atoms with Crippen molar-refractivity contribution in [1.82, 2.24) is 4.98 Å². The number of pyridine rings is 1. The highest BCUT2D eigenvalue weighted by Gasteiger charge is 2.48. The summed E-state index contributed by atoms with van der Waals surface area (Å²) in [5.74, 6) is -2.23. The number of aromatic nitrogens is 1. The number of benzene rings is 2. The molecule has 0 spiro atoms. The lowest BCUT2D eigenvalue weighted by Gasteiger charge is -2.24. The number of carbonyl (C=O) groups excluding carboxylic acids is 2. The number of hydrogen-bond acceptors (Lipinski definition) is 6. The molecule has 8 heteroatoms. The molecule has 0 saturated carbocycles. The molecule has 8 nitrogen and oxygen atoms in total. The molecule has 0 aliphatic carbocycles. The van der Waals surface area contributed by atoms with Gasteiger partial charge in [0, 0.05) is 17.8 Å². The average Bonchev–Trinajstić information content (AvgIpc) is 3.05. The number of nitrogens with zero attached hydrogens (tertiary/aromatic N) is 3. The van der Waals surface area contributed by atoms with Crippen LogP contribution in [0.1, 0.15) is 17.2 Å².